The number of benzene rings is 1. The van der Waals surface area contributed by atoms with E-state index >= 15 is 0 Å². The summed E-state index contributed by atoms with van der Waals surface area (Å²) in [7, 11) is 2.06. The van der Waals surface area contributed by atoms with Gasteiger partial charge in [-0.3, -0.25) is 0 Å². The van der Waals surface area contributed by atoms with E-state index < -0.39 is 0 Å². The van der Waals surface area contributed by atoms with Crippen molar-refractivity contribution in [1.29, 1.82) is 0 Å². The highest BCUT2D eigenvalue weighted by Crippen LogP contribution is 2.45. The summed E-state index contributed by atoms with van der Waals surface area (Å²) in [6.45, 7) is 14.1. The predicted octanol–water partition coefficient (Wildman–Crippen LogP) is 4.84. The van der Waals surface area contributed by atoms with Gasteiger partial charge in [-0.1, -0.05) is 58.0 Å². The molecule has 1 N–H and O–H groups in total. The SMILES string of the molecule is CNC(C)(C)CC(c1ccccc1)C(C)(C)C(C)C. The molecule has 0 spiro atoms. The molecule has 0 aliphatic carbocycles. The first-order valence-electron chi connectivity index (χ1n) is 7.44. The summed E-state index contributed by atoms with van der Waals surface area (Å²) in [6, 6.07) is 11.0. The van der Waals surface area contributed by atoms with E-state index in [0.29, 0.717) is 11.8 Å². The summed E-state index contributed by atoms with van der Waals surface area (Å²) >= 11 is 0. The Hall–Kier alpha value is -0.820. The van der Waals surface area contributed by atoms with Crippen LogP contribution in [0.2, 0.25) is 0 Å². The second-order valence-corrected chi connectivity index (χ2v) is 7.28. The second-order valence-electron chi connectivity index (χ2n) is 7.28. The molecule has 1 atom stereocenters. The fourth-order valence-corrected chi connectivity index (χ4v) is 2.51. The molecular weight excluding hydrogens is 230 g/mol. The zero-order valence-electron chi connectivity index (χ0n) is 13.7. The Labute approximate surface area is 119 Å². The molecule has 0 saturated carbocycles. The summed E-state index contributed by atoms with van der Waals surface area (Å²) in [6.07, 6.45) is 1.15. The fraction of sp³-hybridized carbons (Fsp3) is 0.667. The lowest BCUT2D eigenvalue weighted by Crippen LogP contribution is -2.41. The number of hydrogen-bond acceptors (Lipinski definition) is 1. The van der Waals surface area contributed by atoms with Gasteiger partial charge in [-0.15, -0.1) is 0 Å². The molecule has 0 saturated heterocycles. The van der Waals surface area contributed by atoms with E-state index in [1.165, 1.54) is 5.56 Å². The van der Waals surface area contributed by atoms with Crippen molar-refractivity contribution < 1.29 is 0 Å². The lowest BCUT2D eigenvalue weighted by atomic mass is 9.64. The van der Waals surface area contributed by atoms with Crippen LogP contribution in [0.1, 0.15) is 59.4 Å². The molecule has 0 bridgehead atoms. The third-order valence-corrected chi connectivity index (χ3v) is 4.98. The maximum atomic E-state index is 3.45. The summed E-state index contributed by atoms with van der Waals surface area (Å²) in [5.74, 6) is 1.22. The van der Waals surface area contributed by atoms with Crippen LogP contribution >= 0.6 is 0 Å². The highest BCUT2D eigenvalue weighted by Gasteiger charge is 2.36. The monoisotopic (exact) mass is 261 g/mol. The molecule has 0 amide bonds. The highest BCUT2D eigenvalue weighted by molar-refractivity contribution is 5.23. The van der Waals surface area contributed by atoms with E-state index in [2.05, 4.69) is 84.2 Å². The lowest BCUT2D eigenvalue weighted by Gasteiger charge is -2.42. The van der Waals surface area contributed by atoms with Crippen molar-refractivity contribution in [1.82, 2.24) is 5.32 Å². The Kier molecular flexibility index (Phi) is 5.20. The lowest BCUT2D eigenvalue weighted by molar-refractivity contribution is 0.158. The van der Waals surface area contributed by atoms with Crippen molar-refractivity contribution in [2.75, 3.05) is 7.05 Å². The molecule has 0 heterocycles. The van der Waals surface area contributed by atoms with Crippen molar-refractivity contribution in [2.45, 2.75) is 59.4 Å². The molecule has 1 aromatic carbocycles. The summed E-state index contributed by atoms with van der Waals surface area (Å²) in [4.78, 5) is 0. The third-order valence-electron chi connectivity index (χ3n) is 4.98. The largest absolute Gasteiger partial charge is 0.315 e. The van der Waals surface area contributed by atoms with Crippen LogP contribution < -0.4 is 5.32 Å². The minimum Gasteiger partial charge on any atom is -0.315 e. The van der Waals surface area contributed by atoms with E-state index in [0.717, 1.165) is 6.42 Å². The van der Waals surface area contributed by atoms with Crippen LogP contribution in [-0.4, -0.2) is 12.6 Å². The summed E-state index contributed by atoms with van der Waals surface area (Å²) < 4.78 is 0. The van der Waals surface area contributed by atoms with Gasteiger partial charge in [0.1, 0.15) is 0 Å². The first-order valence-corrected chi connectivity index (χ1v) is 7.44. The molecule has 108 valence electrons. The first kappa shape index (κ1) is 16.2. The molecule has 0 radical (unpaired) electrons. The van der Waals surface area contributed by atoms with Crippen molar-refractivity contribution in [2.24, 2.45) is 11.3 Å². The molecule has 1 rings (SSSR count). The maximum Gasteiger partial charge on any atom is 0.0128 e. The number of nitrogens with one attached hydrogen (secondary N) is 1. The van der Waals surface area contributed by atoms with Crippen molar-refractivity contribution >= 4 is 0 Å². The Morgan fingerprint density at radius 3 is 1.95 bits per heavy atom. The topological polar surface area (TPSA) is 12.0 Å². The Morgan fingerprint density at radius 2 is 1.53 bits per heavy atom. The molecule has 0 aromatic heterocycles. The van der Waals surface area contributed by atoms with Crippen LogP contribution in [-0.2, 0) is 0 Å². The smallest absolute Gasteiger partial charge is 0.0128 e. The van der Waals surface area contributed by atoms with Gasteiger partial charge >= 0.3 is 0 Å². The number of rotatable bonds is 6. The minimum absolute atomic E-state index is 0.159. The van der Waals surface area contributed by atoms with E-state index in [1.807, 2.05) is 0 Å². The van der Waals surface area contributed by atoms with Crippen LogP contribution in [0.4, 0.5) is 0 Å². The zero-order chi connectivity index (χ0) is 14.7. The average Bonchev–Trinajstić information content (AvgIpc) is 2.37. The molecule has 0 aliphatic heterocycles. The Balaban J connectivity index is 3.12. The molecule has 1 unspecified atom stereocenters. The van der Waals surface area contributed by atoms with E-state index in [4.69, 9.17) is 0 Å². The molecule has 0 fully saturated rings. The summed E-state index contributed by atoms with van der Waals surface area (Å²) in [5.41, 5.74) is 1.91. The zero-order valence-corrected chi connectivity index (χ0v) is 13.7. The quantitative estimate of drug-likeness (QED) is 0.772. The standard InChI is InChI=1S/C18H31N/c1-14(2)18(5,6)16(13-17(3,4)19-7)15-11-9-8-10-12-15/h8-12,14,16,19H,13H2,1-7H3. The van der Waals surface area contributed by atoms with Gasteiger partial charge in [0.25, 0.3) is 0 Å². The molecular formula is C18H31N. The second kappa shape index (κ2) is 6.09. The fourth-order valence-electron chi connectivity index (χ4n) is 2.51. The van der Waals surface area contributed by atoms with Gasteiger partial charge < -0.3 is 5.32 Å². The molecule has 0 aliphatic rings. The van der Waals surface area contributed by atoms with Gasteiger partial charge in [0.05, 0.1) is 0 Å². The predicted molar refractivity (Wildman–Crippen MR) is 85.6 cm³/mol. The Bertz CT molecular complexity index is 376. The highest BCUT2D eigenvalue weighted by atomic mass is 14.9. The first-order chi connectivity index (χ1) is 8.70. The minimum atomic E-state index is 0.159. The third kappa shape index (κ3) is 4.07. The van der Waals surface area contributed by atoms with Crippen LogP contribution in [0.3, 0.4) is 0 Å². The van der Waals surface area contributed by atoms with Crippen LogP contribution in [0.15, 0.2) is 30.3 Å². The molecule has 1 aromatic rings. The van der Waals surface area contributed by atoms with Gasteiger partial charge in [-0.05, 0) is 50.1 Å². The average molecular weight is 261 g/mol. The van der Waals surface area contributed by atoms with Crippen LogP contribution in [0.25, 0.3) is 0 Å². The van der Waals surface area contributed by atoms with Crippen LogP contribution in [0.5, 0.6) is 0 Å². The molecule has 1 heteroatoms. The van der Waals surface area contributed by atoms with Crippen molar-refractivity contribution in [3.63, 3.8) is 0 Å². The van der Waals surface area contributed by atoms with Crippen molar-refractivity contribution in [3.05, 3.63) is 35.9 Å². The maximum absolute atomic E-state index is 3.45. The molecule has 19 heavy (non-hydrogen) atoms. The summed E-state index contributed by atoms with van der Waals surface area (Å²) in [5, 5.41) is 3.45. The number of hydrogen-bond donors (Lipinski definition) is 1. The van der Waals surface area contributed by atoms with E-state index in [1.54, 1.807) is 0 Å². The van der Waals surface area contributed by atoms with E-state index in [9.17, 15) is 0 Å². The van der Waals surface area contributed by atoms with Gasteiger partial charge in [-0.25, -0.2) is 0 Å². The van der Waals surface area contributed by atoms with Gasteiger partial charge in [-0.2, -0.15) is 0 Å². The van der Waals surface area contributed by atoms with Crippen molar-refractivity contribution in [3.8, 4) is 0 Å². The van der Waals surface area contributed by atoms with Gasteiger partial charge in [0.2, 0.25) is 0 Å². The van der Waals surface area contributed by atoms with Gasteiger partial charge in [0.15, 0.2) is 0 Å². The van der Waals surface area contributed by atoms with E-state index in [-0.39, 0.29) is 11.0 Å². The Morgan fingerprint density at radius 1 is 1.00 bits per heavy atom. The van der Waals surface area contributed by atoms with Gasteiger partial charge in [0, 0.05) is 5.54 Å². The normalized spacial score (nSPS) is 14.7. The van der Waals surface area contributed by atoms with Crippen LogP contribution in [0, 0.1) is 11.3 Å². The molecule has 1 nitrogen and oxygen atoms in total.